The predicted octanol–water partition coefficient (Wildman–Crippen LogP) is 2.19. The number of piperidine rings is 1. The first kappa shape index (κ1) is 34.6. The van der Waals surface area contributed by atoms with E-state index in [4.69, 9.17) is 5.73 Å². The zero-order valence-electron chi connectivity index (χ0n) is 28.0. The van der Waals surface area contributed by atoms with Gasteiger partial charge in [-0.2, -0.15) is 0 Å². The molecule has 0 radical (unpaired) electrons. The molecule has 12 nitrogen and oxygen atoms in total. The monoisotopic (exact) mass is 663 g/mol. The molecule has 0 spiro atoms. The number of nitrogens with zero attached hydrogens (tertiary/aromatic N) is 1. The molecular weight excluding hydrogens is 610 g/mol. The summed E-state index contributed by atoms with van der Waals surface area (Å²) in [5, 5.41) is 8.11. The summed E-state index contributed by atoms with van der Waals surface area (Å²) in [5.74, 6) is -2.57. The van der Waals surface area contributed by atoms with Crippen molar-refractivity contribution in [1.82, 2.24) is 20.9 Å². The molecule has 5 aliphatic rings. The fourth-order valence-corrected chi connectivity index (χ4v) is 11.2. The molecule has 2 aliphatic heterocycles. The normalized spacial score (nSPS) is 30.7. The number of Topliss-reactive ketones (excluding diaryl/α,β-unsaturated/α-hetero) is 1. The number of carbonyl (C=O) groups excluding carboxylic acids is 5. The number of fused-ring (bicyclic) bond motifs is 1. The van der Waals surface area contributed by atoms with Crippen LogP contribution in [0.3, 0.4) is 0 Å². The molecule has 0 aromatic heterocycles. The summed E-state index contributed by atoms with van der Waals surface area (Å²) in [4.78, 5) is 68.2. The van der Waals surface area contributed by atoms with Crippen LogP contribution < -0.4 is 21.7 Å². The minimum Gasteiger partial charge on any atom is -0.363 e. The van der Waals surface area contributed by atoms with Gasteiger partial charge in [0.2, 0.25) is 17.6 Å². The summed E-state index contributed by atoms with van der Waals surface area (Å²) in [6, 6.07) is -3.52. The van der Waals surface area contributed by atoms with Crippen molar-refractivity contribution in [3.63, 3.8) is 0 Å². The zero-order valence-corrected chi connectivity index (χ0v) is 28.8. The molecule has 5 fully saturated rings. The van der Waals surface area contributed by atoms with Crippen molar-refractivity contribution in [3.05, 3.63) is 0 Å². The van der Waals surface area contributed by atoms with Gasteiger partial charge in [-0.25, -0.2) is 13.2 Å². The summed E-state index contributed by atoms with van der Waals surface area (Å²) in [5.41, 5.74) is 3.51. The third kappa shape index (κ3) is 6.54. The number of rotatable bonds is 10. The molecule has 5 N–H and O–H groups in total. The summed E-state index contributed by atoms with van der Waals surface area (Å²) < 4.78 is 26.0. The predicted molar refractivity (Wildman–Crippen MR) is 172 cm³/mol. The van der Waals surface area contributed by atoms with Crippen LogP contribution in [0.5, 0.6) is 0 Å². The van der Waals surface area contributed by atoms with E-state index in [2.05, 4.69) is 29.8 Å². The number of hydrogen-bond acceptors (Lipinski definition) is 7. The number of urea groups is 1. The van der Waals surface area contributed by atoms with Crippen molar-refractivity contribution in [2.45, 2.75) is 134 Å². The van der Waals surface area contributed by atoms with Crippen LogP contribution in [0.1, 0.15) is 105 Å². The number of hydrogen-bond donors (Lipinski definition) is 4. The van der Waals surface area contributed by atoms with Crippen LogP contribution in [-0.2, 0) is 29.0 Å². The maximum absolute atomic E-state index is 14.4. The van der Waals surface area contributed by atoms with E-state index in [1.165, 1.54) is 4.90 Å². The summed E-state index contributed by atoms with van der Waals surface area (Å²) >= 11 is 0. The molecule has 2 heterocycles. The third-order valence-corrected chi connectivity index (χ3v) is 14.3. The number of nitrogens with two attached hydrogens (primary N) is 1. The zero-order chi connectivity index (χ0) is 33.8. The SMILES string of the molecule is CC(C)(C)[C@H](NC(=O)NC1(C2CCCS2(=O)=O)CCCCC1)C(=O)N1CC2[C@@H]([C@H]1C(=O)NC(CC1CCC1)C(=O)C(N)=O)C2(C)C. The van der Waals surface area contributed by atoms with Gasteiger partial charge >= 0.3 is 6.03 Å². The third-order valence-electron chi connectivity index (χ3n) is 11.9. The van der Waals surface area contributed by atoms with Gasteiger partial charge in [0.1, 0.15) is 12.1 Å². The Morgan fingerprint density at radius 1 is 0.935 bits per heavy atom. The quantitative estimate of drug-likeness (QED) is 0.258. The molecule has 3 saturated carbocycles. The molecule has 46 heavy (non-hydrogen) atoms. The number of sulfone groups is 1. The molecule has 13 heteroatoms. The molecule has 3 unspecified atom stereocenters. The second-order valence-corrected chi connectivity index (χ2v) is 18.6. The van der Waals surface area contributed by atoms with Crippen LogP contribution >= 0.6 is 0 Å². The lowest BCUT2D eigenvalue weighted by atomic mass is 9.78. The Labute approximate surface area is 273 Å². The average Bonchev–Trinajstić information content (AvgIpc) is 3.27. The van der Waals surface area contributed by atoms with Gasteiger partial charge in [-0.1, -0.05) is 73.1 Å². The molecule has 6 atom stereocenters. The van der Waals surface area contributed by atoms with Gasteiger partial charge in [0, 0.05) is 6.54 Å². The second-order valence-electron chi connectivity index (χ2n) is 16.3. The van der Waals surface area contributed by atoms with Gasteiger partial charge in [0.15, 0.2) is 9.84 Å². The average molecular weight is 664 g/mol. The van der Waals surface area contributed by atoms with Gasteiger partial charge in [-0.3, -0.25) is 19.2 Å². The number of amides is 5. The molecule has 2 saturated heterocycles. The highest BCUT2D eigenvalue weighted by Gasteiger charge is 2.70. The number of nitrogens with one attached hydrogen (secondary N) is 3. The second kappa shape index (κ2) is 12.4. The standard InChI is InChI=1S/C33H53N5O7S/c1-31(2,3)26(36-30(43)37-33(14-7-6-8-15-33)22-13-10-16-46(22,44)45)29(42)38-18-20-23(32(20,4)5)24(38)28(41)35-21(25(39)27(34)40)17-19-11-9-12-19/h19-24,26H,6-18H2,1-5H3,(H2,34,40)(H,35,41)(H2,36,37,43)/t20?,21?,22?,23-,24-,26+/m0/s1. The Morgan fingerprint density at radius 3 is 2.11 bits per heavy atom. The van der Waals surface area contributed by atoms with E-state index in [-0.39, 0.29) is 28.9 Å². The van der Waals surface area contributed by atoms with E-state index < -0.39 is 73.7 Å². The molecule has 5 amide bonds. The topological polar surface area (TPSA) is 185 Å². The summed E-state index contributed by atoms with van der Waals surface area (Å²) in [7, 11) is -3.35. The van der Waals surface area contributed by atoms with E-state index in [0.717, 1.165) is 38.5 Å². The maximum Gasteiger partial charge on any atom is 0.315 e. The van der Waals surface area contributed by atoms with Crippen molar-refractivity contribution in [2.75, 3.05) is 12.3 Å². The Balaban J connectivity index is 1.35. The van der Waals surface area contributed by atoms with Crippen molar-refractivity contribution >= 4 is 39.4 Å². The molecule has 5 rings (SSSR count). The summed E-state index contributed by atoms with van der Waals surface area (Å²) in [6.45, 7) is 9.94. The number of primary amides is 1. The maximum atomic E-state index is 14.4. The van der Waals surface area contributed by atoms with E-state index in [0.29, 0.717) is 38.6 Å². The fourth-order valence-electron chi connectivity index (χ4n) is 8.87. The largest absolute Gasteiger partial charge is 0.363 e. The van der Waals surface area contributed by atoms with Gasteiger partial charge in [0.05, 0.1) is 22.6 Å². The first-order valence-corrected chi connectivity index (χ1v) is 18.9. The smallest absolute Gasteiger partial charge is 0.315 e. The van der Waals surface area contributed by atoms with Crippen LogP contribution in [0.2, 0.25) is 0 Å². The van der Waals surface area contributed by atoms with Crippen molar-refractivity contribution in [2.24, 2.45) is 34.3 Å². The molecule has 0 aromatic rings. The number of ketones is 1. The Hall–Kier alpha value is -2.70. The highest BCUT2D eigenvalue weighted by Crippen LogP contribution is 2.65. The van der Waals surface area contributed by atoms with Crippen LogP contribution in [0.15, 0.2) is 0 Å². The lowest BCUT2D eigenvalue weighted by molar-refractivity contribution is -0.145. The van der Waals surface area contributed by atoms with Crippen LogP contribution in [-0.4, -0.2) is 84.1 Å². The number of carbonyl (C=O) groups is 5. The van der Waals surface area contributed by atoms with E-state index in [1.54, 1.807) is 0 Å². The van der Waals surface area contributed by atoms with Crippen LogP contribution in [0.4, 0.5) is 4.79 Å². The Morgan fingerprint density at radius 2 is 1.59 bits per heavy atom. The van der Waals surface area contributed by atoms with Crippen LogP contribution in [0.25, 0.3) is 0 Å². The van der Waals surface area contributed by atoms with Crippen LogP contribution in [0, 0.1) is 28.6 Å². The lowest BCUT2D eigenvalue weighted by Crippen LogP contribution is -2.65. The van der Waals surface area contributed by atoms with Crippen molar-refractivity contribution < 1.29 is 32.4 Å². The molecule has 258 valence electrons. The van der Waals surface area contributed by atoms with Crippen molar-refractivity contribution in [3.8, 4) is 0 Å². The minimum atomic E-state index is -3.35. The molecule has 3 aliphatic carbocycles. The van der Waals surface area contributed by atoms with E-state index in [1.807, 2.05) is 20.8 Å². The minimum absolute atomic E-state index is 0.0663. The van der Waals surface area contributed by atoms with Gasteiger partial charge < -0.3 is 26.6 Å². The summed E-state index contributed by atoms with van der Waals surface area (Å²) in [6.07, 6.45) is 8.02. The highest BCUT2D eigenvalue weighted by molar-refractivity contribution is 7.92. The van der Waals surface area contributed by atoms with Gasteiger partial charge in [-0.05, 0) is 60.7 Å². The Bertz CT molecular complexity index is 1360. The highest BCUT2D eigenvalue weighted by atomic mass is 32.2. The number of likely N-dealkylation sites (tertiary alicyclic amines) is 1. The first-order valence-electron chi connectivity index (χ1n) is 17.1. The van der Waals surface area contributed by atoms with Crippen molar-refractivity contribution in [1.29, 1.82) is 0 Å². The molecule has 0 bridgehead atoms. The lowest BCUT2D eigenvalue weighted by Gasteiger charge is -2.43. The fraction of sp³-hybridized carbons (Fsp3) is 0.848. The van der Waals surface area contributed by atoms with E-state index in [9.17, 15) is 32.4 Å². The first-order chi connectivity index (χ1) is 21.4. The van der Waals surface area contributed by atoms with Gasteiger partial charge in [0.25, 0.3) is 5.91 Å². The molecular formula is C33H53N5O7S. The van der Waals surface area contributed by atoms with E-state index >= 15 is 0 Å². The Kier molecular flexibility index (Phi) is 9.33. The molecule has 0 aromatic carbocycles. The van der Waals surface area contributed by atoms with Gasteiger partial charge in [-0.15, -0.1) is 0 Å².